The van der Waals surface area contributed by atoms with Crippen LogP contribution in [0.4, 0.5) is 0 Å². The van der Waals surface area contributed by atoms with Crippen LogP contribution in [0.25, 0.3) is 0 Å². The second kappa shape index (κ2) is 8.36. The number of rotatable bonds is 7. The SMILES string of the molecule is CCCCC(CC)CNC1CCCCC1Cl. The Labute approximate surface area is 106 Å². The number of nitrogens with one attached hydrogen (secondary N) is 1. The monoisotopic (exact) mass is 245 g/mol. The summed E-state index contributed by atoms with van der Waals surface area (Å²) >= 11 is 6.35. The molecule has 0 bridgehead atoms. The average molecular weight is 246 g/mol. The molecule has 1 aliphatic rings. The fourth-order valence-electron chi connectivity index (χ4n) is 2.58. The maximum absolute atomic E-state index is 6.35. The standard InChI is InChI=1S/C14H28ClN/c1-3-5-8-12(4-2)11-16-14-10-7-6-9-13(14)15/h12-14,16H,3-11H2,1-2H3. The third kappa shape index (κ3) is 5.05. The van der Waals surface area contributed by atoms with Crippen LogP contribution >= 0.6 is 11.6 Å². The van der Waals surface area contributed by atoms with Crippen molar-refractivity contribution < 1.29 is 0 Å². The Morgan fingerprint density at radius 2 is 2.00 bits per heavy atom. The Bertz CT molecular complexity index is 172. The van der Waals surface area contributed by atoms with Gasteiger partial charge in [-0.25, -0.2) is 0 Å². The van der Waals surface area contributed by atoms with Gasteiger partial charge in [0.25, 0.3) is 0 Å². The van der Waals surface area contributed by atoms with Crippen molar-refractivity contribution in [2.75, 3.05) is 6.54 Å². The van der Waals surface area contributed by atoms with Crippen LogP contribution in [-0.4, -0.2) is 18.0 Å². The van der Waals surface area contributed by atoms with Crippen molar-refractivity contribution in [3.63, 3.8) is 0 Å². The minimum atomic E-state index is 0.373. The zero-order valence-electron chi connectivity index (χ0n) is 11.0. The minimum absolute atomic E-state index is 0.373. The molecule has 1 nitrogen and oxygen atoms in total. The first-order chi connectivity index (χ1) is 7.77. The Kier molecular flexibility index (Phi) is 7.47. The molecule has 96 valence electrons. The van der Waals surface area contributed by atoms with Gasteiger partial charge in [-0.2, -0.15) is 0 Å². The molecule has 1 fully saturated rings. The van der Waals surface area contributed by atoms with E-state index < -0.39 is 0 Å². The molecule has 0 saturated heterocycles. The summed E-state index contributed by atoms with van der Waals surface area (Å²) in [4.78, 5) is 0. The van der Waals surface area contributed by atoms with E-state index >= 15 is 0 Å². The van der Waals surface area contributed by atoms with Crippen molar-refractivity contribution in [3.05, 3.63) is 0 Å². The lowest BCUT2D eigenvalue weighted by atomic mass is 9.93. The van der Waals surface area contributed by atoms with Gasteiger partial charge in [0.15, 0.2) is 0 Å². The molecule has 1 aliphatic carbocycles. The largest absolute Gasteiger partial charge is 0.312 e. The van der Waals surface area contributed by atoms with Crippen molar-refractivity contribution in [1.29, 1.82) is 0 Å². The first kappa shape index (κ1) is 14.3. The summed E-state index contributed by atoms with van der Waals surface area (Å²) < 4.78 is 0. The number of hydrogen-bond donors (Lipinski definition) is 1. The van der Waals surface area contributed by atoms with Gasteiger partial charge in [-0.3, -0.25) is 0 Å². The average Bonchev–Trinajstić information content (AvgIpc) is 2.31. The molecule has 0 aliphatic heterocycles. The molecule has 2 heteroatoms. The van der Waals surface area contributed by atoms with Gasteiger partial charge in [-0.15, -0.1) is 11.6 Å². The highest BCUT2D eigenvalue weighted by Gasteiger charge is 2.22. The lowest BCUT2D eigenvalue weighted by Gasteiger charge is -2.29. The number of unbranched alkanes of at least 4 members (excludes halogenated alkanes) is 1. The van der Waals surface area contributed by atoms with Crippen molar-refractivity contribution in [2.24, 2.45) is 5.92 Å². The van der Waals surface area contributed by atoms with E-state index in [0.29, 0.717) is 11.4 Å². The summed E-state index contributed by atoms with van der Waals surface area (Å²) in [5.41, 5.74) is 0. The molecular formula is C14H28ClN. The van der Waals surface area contributed by atoms with Crippen LogP contribution in [0.3, 0.4) is 0 Å². The zero-order chi connectivity index (χ0) is 11.8. The van der Waals surface area contributed by atoms with Gasteiger partial charge in [0.05, 0.1) is 0 Å². The normalized spacial score (nSPS) is 27.9. The second-order valence-corrected chi connectivity index (χ2v) is 5.79. The van der Waals surface area contributed by atoms with Crippen LogP contribution in [0.2, 0.25) is 0 Å². The van der Waals surface area contributed by atoms with Crippen LogP contribution in [0.15, 0.2) is 0 Å². The molecule has 0 spiro atoms. The van der Waals surface area contributed by atoms with Crippen molar-refractivity contribution in [2.45, 2.75) is 76.6 Å². The van der Waals surface area contributed by atoms with Crippen LogP contribution in [-0.2, 0) is 0 Å². The fourth-order valence-corrected chi connectivity index (χ4v) is 2.95. The predicted octanol–water partition coefficient (Wildman–Crippen LogP) is 4.34. The molecular weight excluding hydrogens is 218 g/mol. The Morgan fingerprint density at radius 1 is 1.25 bits per heavy atom. The van der Waals surface area contributed by atoms with Crippen LogP contribution in [0, 0.1) is 5.92 Å². The van der Waals surface area contributed by atoms with Crippen LogP contribution in [0.5, 0.6) is 0 Å². The van der Waals surface area contributed by atoms with E-state index in [0.717, 1.165) is 5.92 Å². The van der Waals surface area contributed by atoms with Crippen LogP contribution < -0.4 is 5.32 Å². The van der Waals surface area contributed by atoms with Gasteiger partial charge in [0.2, 0.25) is 0 Å². The number of hydrogen-bond acceptors (Lipinski definition) is 1. The third-order valence-corrected chi connectivity index (χ3v) is 4.42. The Balaban J connectivity index is 2.19. The number of alkyl halides is 1. The molecule has 3 atom stereocenters. The van der Waals surface area contributed by atoms with Gasteiger partial charge in [-0.1, -0.05) is 46.0 Å². The predicted molar refractivity (Wildman–Crippen MR) is 73.2 cm³/mol. The minimum Gasteiger partial charge on any atom is -0.312 e. The fraction of sp³-hybridized carbons (Fsp3) is 1.00. The highest BCUT2D eigenvalue weighted by atomic mass is 35.5. The molecule has 0 amide bonds. The van der Waals surface area contributed by atoms with Gasteiger partial charge < -0.3 is 5.32 Å². The van der Waals surface area contributed by atoms with Gasteiger partial charge in [0, 0.05) is 11.4 Å². The molecule has 0 aromatic carbocycles. The molecule has 1 saturated carbocycles. The molecule has 1 N–H and O–H groups in total. The number of halogens is 1. The first-order valence-electron chi connectivity index (χ1n) is 7.15. The van der Waals surface area contributed by atoms with E-state index in [9.17, 15) is 0 Å². The Morgan fingerprint density at radius 3 is 2.62 bits per heavy atom. The van der Waals surface area contributed by atoms with Crippen molar-refractivity contribution in [1.82, 2.24) is 5.32 Å². The van der Waals surface area contributed by atoms with Crippen molar-refractivity contribution in [3.8, 4) is 0 Å². The molecule has 1 rings (SSSR count). The van der Waals surface area contributed by atoms with E-state index in [1.54, 1.807) is 0 Å². The van der Waals surface area contributed by atoms with E-state index in [1.165, 1.54) is 57.9 Å². The molecule has 0 aromatic rings. The van der Waals surface area contributed by atoms with Gasteiger partial charge in [0.1, 0.15) is 0 Å². The lowest BCUT2D eigenvalue weighted by molar-refractivity contribution is 0.336. The highest BCUT2D eigenvalue weighted by molar-refractivity contribution is 6.21. The molecule has 0 radical (unpaired) electrons. The lowest BCUT2D eigenvalue weighted by Crippen LogP contribution is -2.41. The van der Waals surface area contributed by atoms with Crippen molar-refractivity contribution >= 4 is 11.6 Å². The molecule has 0 aromatic heterocycles. The quantitative estimate of drug-likeness (QED) is 0.658. The summed E-state index contributed by atoms with van der Waals surface area (Å²) in [6.07, 6.45) is 10.5. The smallest absolute Gasteiger partial charge is 0.0489 e. The van der Waals surface area contributed by atoms with E-state index in [4.69, 9.17) is 11.6 Å². The summed E-state index contributed by atoms with van der Waals surface area (Å²) in [5, 5.41) is 4.07. The summed E-state index contributed by atoms with van der Waals surface area (Å²) in [6.45, 7) is 5.75. The zero-order valence-corrected chi connectivity index (χ0v) is 11.7. The van der Waals surface area contributed by atoms with Crippen LogP contribution in [0.1, 0.15) is 65.2 Å². The summed E-state index contributed by atoms with van der Waals surface area (Å²) in [7, 11) is 0. The van der Waals surface area contributed by atoms with E-state index in [2.05, 4.69) is 19.2 Å². The summed E-state index contributed by atoms with van der Waals surface area (Å²) in [6, 6.07) is 0.575. The highest BCUT2D eigenvalue weighted by Crippen LogP contribution is 2.23. The maximum atomic E-state index is 6.35. The molecule has 3 unspecified atom stereocenters. The molecule has 16 heavy (non-hydrogen) atoms. The van der Waals surface area contributed by atoms with E-state index in [1.807, 2.05) is 0 Å². The van der Waals surface area contributed by atoms with E-state index in [-0.39, 0.29) is 0 Å². The Hall–Kier alpha value is 0.250. The second-order valence-electron chi connectivity index (χ2n) is 5.23. The molecule has 0 heterocycles. The maximum Gasteiger partial charge on any atom is 0.0489 e. The third-order valence-electron chi connectivity index (χ3n) is 3.89. The topological polar surface area (TPSA) is 12.0 Å². The van der Waals surface area contributed by atoms with Gasteiger partial charge >= 0.3 is 0 Å². The first-order valence-corrected chi connectivity index (χ1v) is 7.59. The van der Waals surface area contributed by atoms with Gasteiger partial charge in [-0.05, 0) is 31.7 Å². The summed E-state index contributed by atoms with van der Waals surface area (Å²) in [5.74, 6) is 0.853.